The lowest BCUT2D eigenvalue weighted by Crippen LogP contribution is -2.03. The van der Waals surface area contributed by atoms with E-state index in [0.717, 1.165) is 28.3 Å². The predicted octanol–water partition coefficient (Wildman–Crippen LogP) is 3.32. The van der Waals surface area contributed by atoms with Gasteiger partial charge in [0.1, 0.15) is 17.5 Å². The Morgan fingerprint density at radius 2 is 2.00 bits per heavy atom. The van der Waals surface area contributed by atoms with E-state index in [1.54, 1.807) is 0 Å². The highest BCUT2D eigenvalue weighted by Gasteiger charge is 2.11. The first-order valence-corrected chi connectivity index (χ1v) is 7.49. The summed E-state index contributed by atoms with van der Waals surface area (Å²) in [6, 6.07) is 14.0. The van der Waals surface area contributed by atoms with Crippen LogP contribution < -0.4 is 4.74 Å². The summed E-state index contributed by atoms with van der Waals surface area (Å²) in [5.41, 5.74) is 3.98. The van der Waals surface area contributed by atoms with E-state index in [9.17, 15) is 0 Å². The van der Waals surface area contributed by atoms with Crippen LogP contribution in [-0.4, -0.2) is 21.1 Å². The molecule has 1 atom stereocenters. The Morgan fingerprint density at radius 1 is 1.23 bits per heavy atom. The zero-order valence-corrected chi connectivity index (χ0v) is 12.9. The molecule has 0 aliphatic rings. The van der Waals surface area contributed by atoms with Crippen LogP contribution in [-0.2, 0) is 6.42 Å². The van der Waals surface area contributed by atoms with Crippen molar-refractivity contribution in [1.82, 2.24) is 9.38 Å². The van der Waals surface area contributed by atoms with Gasteiger partial charge in [-0.3, -0.25) is 0 Å². The molecule has 0 fully saturated rings. The van der Waals surface area contributed by atoms with Gasteiger partial charge in [0.05, 0.1) is 5.69 Å². The number of fused-ring (bicyclic) bond motifs is 1. The molecule has 3 aromatic rings. The number of benzene rings is 1. The number of rotatable bonds is 5. The van der Waals surface area contributed by atoms with Gasteiger partial charge in [-0.05, 0) is 25.5 Å². The van der Waals surface area contributed by atoms with Gasteiger partial charge in [-0.1, -0.05) is 30.3 Å². The molecular formula is C18H20N2O2. The molecule has 0 spiro atoms. The van der Waals surface area contributed by atoms with Crippen LogP contribution in [0.5, 0.6) is 5.75 Å². The van der Waals surface area contributed by atoms with E-state index < -0.39 is 0 Å². The zero-order chi connectivity index (χ0) is 15.5. The number of pyridine rings is 1. The Balaban J connectivity index is 1.86. The van der Waals surface area contributed by atoms with E-state index in [0.29, 0.717) is 6.42 Å². The largest absolute Gasteiger partial charge is 0.486 e. The molecule has 114 valence electrons. The van der Waals surface area contributed by atoms with Crippen LogP contribution in [0.15, 0.2) is 48.7 Å². The summed E-state index contributed by atoms with van der Waals surface area (Å²) in [6.07, 6.45) is 2.52. The highest BCUT2D eigenvalue weighted by molar-refractivity contribution is 5.48. The standard InChI is InChI=1S/C18H20N2O2/c1-13-17(9-11-21)19-18-12-16(8-10-20(13)18)22-14(2)15-6-4-3-5-7-15/h3-8,10,12,14,21H,9,11H2,1-2H3. The summed E-state index contributed by atoms with van der Waals surface area (Å²) in [4.78, 5) is 4.57. The molecule has 4 heteroatoms. The second-order valence-electron chi connectivity index (χ2n) is 5.38. The Labute approximate surface area is 130 Å². The van der Waals surface area contributed by atoms with Crippen molar-refractivity contribution in [3.8, 4) is 5.75 Å². The molecule has 1 N–H and O–H groups in total. The lowest BCUT2D eigenvalue weighted by atomic mass is 10.1. The third kappa shape index (κ3) is 2.83. The quantitative estimate of drug-likeness (QED) is 0.785. The van der Waals surface area contributed by atoms with Gasteiger partial charge in [0, 0.05) is 31.0 Å². The smallest absolute Gasteiger partial charge is 0.140 e. The number of aliphatic hydroxyl groups is 1. The third-order valence-corrected chi connectivity index (χ3v) is 3.87. The first-order valence-electron chi connectivity index (χ1n) is 7.49. The van der Waals surface area contributed by atoms with Crippen LogP contribution in [0.3, 0.4) is 0 Å². The van der Waals surface area contributed by atoms with E-state index in [-0.39, 0.29) is 12.7 Å². The van der Waals surface area contributed by atoms with Crippen LogP contribution >= 0.6 is 0 Å². The predicted molar refractivity (Wildman–Crippen MR) is 86.2 cm³/mol. The highest BCUT2D eigenvalue weighted by Crippen LogP contribution is 2.23. The number of hydrogen-bond acceptors (Lipinski definition) is 3. The maximum absolute atomic E-state index is 9.09. The monoisotopic (exact) mass is 296 g/mol. The van der Waals surface area contributed by atoms with E-state index in [1.807, 2.05) is 54.8 Å². The second kappa shape index (κ2) is 6.20. The Morgan fingerprint density at radius 3 is 2.73 bits per heavy atom. The highest BCUT2D eigenvalue weighted by atomic mass is 16.5. The van der Waals surface area contributed by atoms with E-state index in [4.69, 9.17) is 9.84 Å². The molecule has 2 heterocycles. The van der Waals surface area contributed by atoms with Crippen molar-refractivity contribution in [3.63, 3.8) is 0 Å². The molecule has 4 nitrogen and oxygen atoms in total. The van der Waals surface area contributed by atoms with Gasteiger partial charge in [-0.25, -0.2) is 4.98 Å². The van der Waals surface area contributed by atoms with E-state index >= 15 is 0 Å². The van der Waals surface area contributed by atoms with Gasteiger partial charge in [0.25, 0.3) is 0 Å². The number of aliphatic hydroxyl groups excluding tert-OH is 1. The van der Waals surface area contributed by atoms with Crippen molar-refractivity contribution in [2.24, 2.45) is 0 Å². The molecular weight excluding hydrogens is 276 g/mol. The Kier molecular flexibility index (Phi) is 4.11. The lowest BCUT2D eigenvalue weighted by Gasteiger charge is -2.15. The van der Waals surface area contributed by atoms with Gasteiger partial charge in [-0.2, -0.15) is 0 Å². The van der Waals surface area contributed by atoms with Gasteiger partial charge >= 0.3 is 0 Å². The minimum Gasteiger partial charge on any atom is -0.486 e. The lowest BCUT2D eigenvalue weighted by molar-refractivity contribution is 0.227. The minimum absolute atomic E-state index is 0.0170. The van der Waals surface area contributed by atoms with Crippen molar-refractivity contribution in [3.05, 3.63) is 65.6 Å². The molecule has 0 amide bonds. The summed E-state index contributed by atoms with van der Waals surface area (Å²) >= 11 is 0. The van der Waals surface area contributed by atoms with E-state index in [2.05, 4.69) is 17.1 Å². The Bertz CT molecular complexity index is 765. The average molecular weight is 296 g/mol. The summed E-state index contributed by atoms with van der Waals surface area (Å²) in [5, 5.41) is 9.09. The number of hydrogen-bond donors (Lipinski definition) is 1. The van der Waals surface area contributed by atoms with E-state index in [1.165, 1.54) is 0 Å². The van der Waals surface area contributed by atoms with Crippen LogP contribution in [0.4, 0.5) is 0 Å². The topological polar surface area (TPSA) is 46.8 Å². The van der Waals surface area contributed by atoms with Crippen molar-refractivity contribution < 1.29 is 9.84 Å². The van der Waals surface area contributed by atoms with Gasteiger partial charge < -0.3 is 14.2 Å². The molecule has 3 rings (SSSR count). The normalized spacial score (nSPS) is 12.5. The molecule has 0 radical (unpaired) electrons. The number of ether oxygens (including phenoxy) is 1. The first kappa shape index (κ1) is 14.6. The average Bonchev–Trinajstić information content (AvgIpc) is 2.84. The number of imidazole rings is 1. The molecule has 0 aliphatic heterocycles. The molecule has 0 saturated carbocycles. The van der Waals surface area contributed by atoms with Crippen LogP contribution in [0.1, 0.15) is 30.0 Å². The number of nitrogens with zero attached hydrogens (tertiary/aromatic N) is 2. The molecule has 2 aromatic heterocycles. The van der Waals surface area contributed by atoms with Gasteiger partial charge in [0.2, 0.25) is 0 Å². The van der Waals surface area contributed by atoms with Crippen molar-refractivity contribution in [2.45, 2.75) is 26.4 Å². The maximum Gasteiger partial charge on any atom is 0.140 e. The summed E-state index contributed by atoms with van der Waals surface area (Å²) in [5.74, 6) is 0.796. The fraction of sp³-hybridized carbons (Fsp3) is 0.278. The molecule has 0 saturated heterocycles. The van der Waals surface area contributed by atoms with Crippen molar-refractivity contribution in [2.75, 3.05) is 6.61 Å². The zero-order valence-electron chi connectivity index (χ0n) is 12.9. The van der Waals surface area contributed by atoms with Gasteiger partial charge in [0.15, 0.2) is 0 Å². The third-order valence-electron chi connectivity index (χ3n) is 3.87. The Hall–Kier alpha value is -2.33. The van der Waals surface area contributed by atoms with Crippen molar-refractivity contribution in [1.29, 1.82) is 0 Å². The SMILES string of the molecule is Cc1c(CCO)nc2cc(OC(C)c3ccccc3)ccn12. The second-order valence-corrected chi connectivity index (χ2v) is 5.38. The minimum atomic E-state index is -0.0170. The van der Waals surface area contributed by atoms with Crippen LogP contribution in [0, 0.1) is 6.92 Å². The summed E-state index contributed by atoms with van der Waals surface area (Å²) < 4.78 is 8.03. The van der Waals surface area contributed by atoms with Crippen LogP contribution in [0.25, 0.3) is 5.65 Å². The molecule has 1 unspecified atom stereocenters. The first-order chi connectivity index (χ1) is 10.7. The summed E-state index contributed by atoms with van der Waals surface area (Å²) in [7, 11) is 0. The summed E-state index contributed by atoms with van der Waals surface area (Å²) in [6.45, 7) is 4.16. The molecule has 1 aromatic carbocycles. The maximum atomic E-state index is 9.09. The number of aromatic nitrogens is 2. The fourth-order valence-corrected chi connectivity index (χ4v) is 2.61. The van der Waals surface area contributed by atoms with Crippen molar-refractivity contribution >= 4 is 5.65 Å². The van der Waals surface area contributed by atoms with Crippen LogP contribution in [0.2, 0.25) is 0 Å². The molecule has 0 aliphatic carbocycles. The molecule has 0 bridgehead atoms. The van der Waals surface area contributed by atoms with Gasteiger partial charge in [-0.15, -0.1) is 0 Å². The number of aryl methyl sites for hydroxylation is 1. The fourth-order valence-electron chi connectivity index (χ4n) is 2.61. The molecule has 22 heavy (non-hydrogen) atoms.